The maximum absolute atomic E-state index is 15.6. The van der Waals surface area contributed by atoms with Gasteiger partial charge in [0.1, 0.15) is 28.0 Å². The van der Waals surface area contributed by atoms with Crippen LogP contribution in [0, 0.1) is 0 Å². The minimum absolute atomic E-state index is 0.334. The van der Waals surface area contributed by atoms with Gasteiger partial charge in [0.05, 0.1) is 6.61 Å². The quantitative estimate of drug-likeness (QED) is 0.0357. The van der Waals surface area contributed by atoms with Gasteiger partial charge in [-0.2, -0.15) is 0 Å². The van der Waals surface area contributed by atoms with E-state index in [-0.39, 0.29) is 0 Å². The van der Waals surface area contributed by atoms with E-state index >= 15 is 20.4 Å². The molecule has 0 fully saturated rings. The van der Waals surface area contributed by atoms with Crippen molar-refractivity contribution in [3.63, 3.8) is 0 Å². The number of benzene rings is 6. The summed E-state index contributed by atoms with van der Waals surface area (Å²) in [4.78, 5) is 0. The highest BCUT2D eigenvalue weighted by Gasteiger charge is 2.81. The molecular formula is C60H62O6. The number of aliphatic hydroxyl groups excluding tert-OH is 1. The van der Waals surface area contributed by atoms with Gasteiger partial charge < -0.3 is 30.6 Å². The molecule has 0 aromatic heterocycles. The molecule has 10 atom stereocenters. The van der Waals surface area contributed by atoms with Gasteiger partial charge in [0.2, 0.25) is 0 Å². The molecule has 6 N–H and O–H groups in total. The van der Waals surface area contributed by atoms with Crippen LogP contribution in [0.15, 0.2) is 258 Å². The highest BCUT2D eigenvalue weighted by Crippen LogP contribution is 2.66. The van der Waals surface area contributed by atoms with Crippen molar-refractivity contribution < 1.29 is 30.6 Å². The van der Waals surface area contributed by atoms with Crippen LogP contribution in [0.4, 0.5) is 0 Å². The maximum Gasteiger partial charge on any atom is 0.140 e. The molecule has 0 aliphatic rings. The smallest absolute Gasteiger partial charge is 0.140 e. The van der Waals surface area contributed by atoms with Gasteiger partial charge >= 0.3 is 0 Å². The van der Waals surface area contributed by atoms with Crippen molar-refractivity contribution in [1.82, 2.24) is 0 Å². The lowest BCUT2D eigenvalue weighted by Gasteiger charge is -2.68. The van der Waals surface area contributed by atoms with Crippen LogP contribution in [-0.4, -0.2) is 65.3 Å². The van der Waals surface area contributed by atoms with Crippen LogP contribution in [0.1, 0.15) is 68.9 Å². The molecule has 0 aliphatic carbocycles. The van der Waals surface area contributed by atoms with Crippen LogP contribution in [-0.2, 0) is 0 Å². The number of hydrogen-bond acceptors (Lipinski definition) is 6. The third-order valence-electron chi connectivity index (χ3n) is 13.9. The standard InChI is InChI=1S/C60H62O6/c1-7-50(44-31-19-13-20-32-44)56(62,43-61)58(64,53(10-4)47-37-25-16-26-38-47)60(66,55(12-6)49-41-29-18-30-42-49)59(65,54(11-5)48-39-27-17-28-40-48)57(63,51(8-2)45-33-21-14-22-34-45)52(9-3)46-35-23-15-24-36-46/h7-42,50-55,61-66H,1-6,43H2/t50?,51?,52?,53?,54?,55?,56-,57?,58+,59-,60-/m0/s1. The molecule has 6 rings (SSSR count). The Morgan fingerprint density at radius 1 is 0.303 bits per heavy atom. The van der Waals surface area contributed by atoms with Crippen LogP contribution >= 0.6 is 0 Å². The van der Waals surface area contributed by atoms with Crippen molar-refractivity contribution >= 4 is 0 Å². The first-order valence-corrected chi connectivity index (χ1v) is 22.2. The lowest BCUT2D eigenvalue weighted by Crippen LogP contribution is -2.86. The molecule has 0 spiro atoms. The third-order valence-corrected chi connectivity index (χ3v) is 13.9. The van der Waals surface area contributed by atoms with Crippen LogP contribution in [0.5, 0.6) is 0 Å². The molecule has 0 bridgehead atoms. The van der Waals surface area contributed by atoms with Crippen LogP contribution in [0.25, 0.3) is 0 Å². The molecule has 6 heteroatoms. The van der Waals surface area contributed by atoms with Gasteiger partial charge in [0.15, 0.2) is 0 Å². The van der Waals surface area contributed by atoms with Gasteiger partial charge in [-0.25, -0.2) is 0 Å². The molecule has 6 aromatic rings. The van der Waals surface area contributed by atoms with Crippen molar-refractivity contribution in [1.29, 1.82) is 0 Å². The average molecular weight is 879 g/mol. The van der Waals surface area contributed by atoms with Gasteiger partial charge in [-0.05, 0) is 33.4 Å². The van der Waals surface area contributed by atoms with Gasteiger partial charge in [-0.15, -0.1) is 39.5 Å². The Morgan fingerprint density at radius 3 is 0.758 bits per heavy atom. The highest BCUT2D eigenvalue weighted by atomic mass is 16.4. The molecule has 6 unspecified atom stereocenters. The molecule has 0 saturated carbocycles. The Bertz CT molecular complexity index is 2480. The summed E-state index contributed by atoms with van der Waals surface area (Å²) in [5.74, 6) is -8.61. The first-order valence-electron chi connectivity index (χ1n) is 22.2. The Hall–Kier alpha value is -6.48. The number of aliphatic hydroxyl groups is 6. The SMILES string of the molecule is C=CC(c1ccccc1)C(O)(C(C=C)c1ccccc1)[C@@](O)(C(C=C)c1ccccc1)[C@](O)(C(C=C)c1ccccc1)[C@@](O)(C(C=C)c1ccccc1)[C@](O)(CO)C(C=C)c1ccccc1. The molecule has 338 valence electrons. The Balaban J connectivity index is 2.00. The van der Waals surface area contributed by atoms with Gasteiger partial charge in [0.25, 0.3) is 0 Å². The van der Waals surface area contributed by atoms with E-state index in [1.807, 2.05) is 12.1 Å². The highest BCUT2D eigenvalue weighted by molar-refractivity contribution is 5.52. The lowest BCUT2D eigenvalue weighted by molar-refractivity contribution is -0.354. The largest absolute Gasteiger partial charge is 0.393 e. The van der Waals surface area contributed by atoms with E-state index in [4.69, 9.17) is 0 Å². The van der Waals surface area contributed by atoms with E-state index in [0.29, 0.717) is 33.4 Å². The normalized spacial score (nSPS) is 18.8. The Morgan fingerprint density at radius 2 is 0.515 bits per heavy atom. The van der Waals surface area contributed by atoms with E-state index in [1.165, 1.54) is 36.5 Å². The first-order chi connectivity index (χ1) is 31.9. The minimum atomic E-state index is -3.32. The molecule has 6 aromatic carbocycles. The summed E-state index contributed by atoms with van der Waals surface area (Å²) >= 11 is 0. The van der Waals surface area contributed by atoms with E-state index < -0.39 is 70.1 Å². The van der Waals surface area contributed by atoms with Gasteiger partial charge in [-0.1, -0.05) is 218 Å². The van der Waals surface area contributed by atoms with E-state index in [9.17, 15) is 10.2 Å². The van der Waals surface area contributed by atoms with Crippen LogP contribution < -0.4 is 0 Å². The summed E-state index contributed by atoms with van der Waals surface area (Å²) in [7, 11) is 0. The third kappa shape index (κ3) is 7.90. The Labute approximate surface area is 390 Å². The summed E-state index contributed by atoms with van der Waals surface area (Å²) < 4.78 is 0. The van der Waals surface area contributed by atoms with Crippen LogP contribution in [0.2, 0.25) is 0 Å². The molecular weight excluding hydrogens is 817 g/mol. The molecule has 0 aliphatic heterocycles. The Kier molecular flexibility index (Phi) is 15.4. The zero-order chi connectivity index (χ0) is 47.6. The second-order valence-electron chi connectivity index (χ2n) is 17.0. The monoisotopic (exact) mass is 878 g/mol. The zero-order valence-electron chi connectivity index (χ0n) is 37.4. The van der Waals surface area contributed by atoms with Gasteiger partial charge in [-0.3, -0.25) is 0 Å². The van der Waals surface area contributed by atoms with Crippen molar-refractivity contribution in [3.05, 3.63) is 291 Å². The zero-order valence-corrected chi connectivity index (χ0v) is 37.4. The predicted molar refractivity (Wildman–Crippen MR) is 268 cm³/mol. The van der Waals surface area contributed by atoms with Crippen molar-refractivity contribution in [2.45, 2.75) is 63.5 Å². The topological polar surface area (TPSA) is 121 Å². The summed E-state index contributed by atoms with van der Waals surface area (Å²) in [5.41, 5.74) is -12.9. The minimum Gasteiger partial charge on any atom is -0.393 e. The summed E-state index contributed by atoms with van der Waals surface area (Å²) in [6, 6.07) is 52.7. The maximum atomic E-state index is 15.6. The first kappa shape index (κ1) is 49.0. The molecule has 6 nitrogen and oxygen atoms in total. The van der Waals surface area contributed by atoms with Crippen LogP contribution in [0.3, 0.4) is 0 Å². The van der Waals surface area contributed by atoms with Crippen molar-refractivity contribution in [2.75, 3.05) is 6.61 Å². The molecule has 66 heavy (non-hydrogen) atoms. The van der Waals surface area contributed by atoms with E-state index in [0.717, 1.165) is 0 Å². The molecule has 0 radical (unpaired) electrons. The van der Waals surface area contributed by atoms with Gasteiger partial charge in [0, 0.05) is 35.5 Å². The van der Waals surface area contributed by atoms with E-state index in [2.05, 4.69) is 39.5 Å². The fraction of sp³-hybridized carbons (Fsp3) is 0.200. The molecule has 0 saturated heterocycles. The second kappa shape index (κ2) is 20.8. The fourth-order valence-electron chi connectivity index (χ4n) is 10.9. The summed E-state index contributed by atoms with van der Waals surface area (Å²) in [5, 5.41) is 87.6. The summed E-state index contributed by atoms with van der Waals surface area (Å²) in [6.07, 6.45) is 8.61. The summed E-state index contributed by atoms with van der Waals surface area (Å²) in [6.45, 7) is 24.3. The van der Waals surface area contributed by atoms with E-state index in [1.54, 1.807) is 170 Å². The second-order valence-corrected chi connectivity index (χ2v) is 17.0. The average Bonchev–Trinajstić information content (AvgIpc) is 3.36. The fourth-order valence-corrected chi connectivity index (χ4v) is 10.9. The molecule has 0 heterocycles. The van der Waals surface area contributed by atoms with Crippen molar-refractivity contribution in [3.8, 4) is 0 Å². The number of rotatable bonds is 23. The lowest BCUT2D eigenvalue weighted by atomic mass is 9.42. The number of hydrogen-bond donors (Lipinski definition) is 6. The molecule has 0 amide bonds. The predicted octanol–water partition coefficient (Wildman–Crippen LogP) is 10.5. The van der Waals surface area contributed by atoms with Crippen molar-refractivity contribution in [2.24, 2.45) is 0 Å².